The molecule has 0 radical (unpaired) electrons. The van der Waals surface area contributed by atoms with Crippen molar-refractivity contribution in [3.05, 3.63) is 50.9 Å². The minimum Gasteiger partial charge on any atom is -0.337 e. The number of thiophene rings is 1. The van der Waals surface area contributed by atoms with Gasteiger partial charge in [0.05, 0.1) is 10.9 Å². The van der Waals surface area contributed by atoms with Crippen molar-refractivity contribution in [2.45, 2.75) is 25.3 Å². The lowest BCUT2D eigenvalue weighted by atomic mass is 10.2. The molecule has 1 amide bonds. The standard InChI is InChI=1S/C17H20ClFN2O3S2/c1-4-21(5-2)26(23,24)15-10-12(6-8-14(15)19)17(22)20(3)11-13-7-9-16(18)25-13/h6-10H,4-5,11H2,1-3H3. The number of benzene rings is 1. The highest BCUT2D eigenvalue weighted by molar-refractivity contribution is 7.89. The molecule has 1 aromatic heterocycles. The lowest BCUT2D eigenvalue weighted by Gasteiger charge is -2.20. The zero-order valence-electron chi connectivity index (χ0n) is 14.7. The molecule has 0 saturated carbocycles. The van der Waals surface area contributed by atoms with Gasteiger partial charge in [-0.1, -0.05) is 25.4 Å². The van der Waals surface area contributed by atoms with Crippen molar-refractivity contribution in [3.63, 3.8) is 0 Å². The predicted molar refractivity (Wildman–Crippen MR) is 102 cm³/mol. The van der Waals surface area contributed by atoms with Gasteiger partial charge in [0.2, 0.25) is 10.0 Å². The quantitative estimate of drug-likeness (QED) is 0.686. The normalized spacial score (nSPS) is 11.8. The summed E-state index contributed by atoms with van der Waals surface area (Å²) in [6.07, 6.45) is 0. The largest absolute Gasteiger partial charge is 0.337 e. The minimum atomic E-state index is -4.00. The summed E-state index contributed by atoms with van der Waals surface area (Å²) in [5.74, 6) is -1.27. The summed E-state index contributed by atoms with van der Waals surface area (Å²) < 4.78 is 41.1. The third-order valence-electron chi connectivity index (χ3n) is 3.87. The lowest BCUT2D eigenvalue weighted by Crippen LogP contribution is -2.32. The van der Waals surface area contributed by atoms with Crippen LogP contribution in [0.4, 0.5) is 4.39 Å². The Kier molecular flexibility index (Phi) is 6.79. The molecule has 26 heavy (non-hydrogen) atoms. The molecule has 2 aromatic rings. The molecule has 142 valence electrons. The van der Waals surface area contributed by atoms with Crippen LogP contribution in [0.3, 0.4) is 0 Å². The fraction of sp³-hybridized carbons (Fsp3) is 0.353. The molecule has 1 aromatic carbocycles. The number of carbonyl (C=O) groups is 1. The number of nitrogens with zero attached hydrogens (tertiary/aromatic N) is 2. The highest BCUT2D eigenvalue weighted by Gasteiger charge is 2.27. The van der Waals surface area contributed by atoms with Gasteiger partial charge in [-0.2, -0.15) is 4.31 Å². The van der Waals surface area contributed by atoms with E-state index in [0.29, 0.717) is 10.9 Å². The van der Waals surface area contributed by atoms with Crippen LogP contribution in [-0.4, -0.2) is 43.7 Å². The second-order valence-electron chi connectivity index (χ2n) is 5.60. The summed E-state index contributed by atoms with van der Waals surface area (Å²) >= 11 is 7.25. The average Bonchev–Trinajstić information content (AvgIpc) is 3.00. The second kappa shape index (κ2) is 8.47. The van der Waals surface area contributed by atoms with Gasteiger partial charge < -0.3 is 4.90 Å². The van der Waals surface area contributed by atoms with E-state index < -0.39 is 26.6 Å². The summed E-state index contributed by atoms with van der Waals surface area (Å²) in [6.45, 7) is 4.11. The molecule has 0 fully saturated rings. The topological polar surface area (TPSA) is 57.7 Å². The zero-order chi connectivity index (χ0) is 19.5. The maximum absolute atomic E-state index is 14.2. The van der Waals surface area contributed by atoms with E-state index in [1.807, 2.05) is 6.07 Å². The summed E-state index contributed by atoms with van der Waals surface area (Å²) in [6, 6.07) is 6.96. The maximum Gasteiger partial charge on any atom is 0.253 e. The highest BCUT2D eigenvalue weighted by Crippen LogP contribution is 2.24. The first kappa shape index (κ1) is 20.8. The van der Waals surface area contributed by atoms with Crippen molar-refractivity contribution < 1.29 is 17.6 Å². The molecule has 0 aliphatic heterocycles. The van der Waals surface area contributed by atoms with Crippen LogP contribution in [0.5, 0.6) is 0 Å². The molecule has 0 aliphatic rings. The van der Waals surface area contributed by atoms with Crippen LogP contribution in [0.15, 0.2) is 35.2 Å². The van der Waals surface area contributed by atoms with Crippen LogP contribution in [-0.2, 0) is 16.6 Å². The molecular formula is C17H20ClFN2O3S2. The van der Waals surface area contributed by atoms with Gasteiger partial charge in [-0.25, -0.2) is 12.8 Å². The van der Waals surface area contributed by atoms with E-state index in [1.54, 1.807) is 27.0 Å². The molecule has 0 unspecified atom stereocenters. The SMILES string of the molecule is CCN(CC)S(=O)(=O)c1cc(C(=O)N(C)Cc2ccc(Cl)s2)ccc1F. The van der Waals surface area contributed by atoms with Crippen LogP contribution in [0, 0.1) is 5.82 Å². The third-order valence-corrected chi connectivity index (χ3v) is 7.15. The van der Waals surface area contributed by atoms with E-state index in [0.717, 1.165) is 21.3 Å². The molecule has 0 aliphatic carbocycles. The van der Waals surface area contributed by atoms with Crippen LogP contribution in [0.25, 0.3) is 0 Å². The monoisotopic (exact) mass is 418 g/mol. The summed E-state index contributed by atoms with van der Waals surface area (Å²) in [7, 11) is -2.40. The molecule has 0 atom stereocenters. The Labute approximate surface area is 162 Å². The van der Waals surface area contributed by atoms with Gasteiger partial charge in [0.1, 0.15) is 10.7 Å². The van der Waals surface area contributed by atoms with Crippen molar-refractivity contribution in [2.75, 3.05) is 20.1 Å². The van der Waals surface area contributed by atoms with E-state index in [-0.39, 0.29) is 18.7 Å². The van der Waals surface area contributed by atoms with Gasteiger partial charge in [0, 0.05) is 30.6 Å². The van der Waals surface area contributed by atoms with E-state index in [2.05, 4.69) is 0 Å². The van der Waals surface area contributed by atoms with Crippen LogP contribution in [0.2, 0.25) is 4.34 Å². The minimum absolute atomic E-state index is 0.113. The molecule has 0 spiro atoms. The third kappa shape index (κ3) is 4.43. The fourth-order valence-electron chi connectivity index (χ4n) is 2.50. The van der Waals surface area contributed by atoms with Crippen molar-refractivity contribution in [1.82, 2.24) is 9.21 Å². The van der Waals surface area contributed by atoms with Crippen molar-refractivity contribution in [3.8, 4) is 0 Å². The molecule has 0 bridgehead atoms. The predicted octanol–water partition coefficient (Wildman–Crippen LogP) is 3.84. The maximum atomic E-state index is 14.2. The summed E-state index contributed by atoms with van der Waals surface area (Å²) in [5.41, 5.74) is 0.113. The average molecular weight is 419 g/mol. The van der Waals surface area contributed by atoms with E-state index in [1.165, 1.54) is 22.3 Å². The Bertz CT molecular complexity index is 895. The van der Waals surface area contributed by atoms with E-state index in [4.69, 9.17) is 11.6 Å². The van der Waals surface area contributed by atoms with Crippen molar-refractivity contribution in [1.29, 1.82) is 0 Å². The van der Waals surface area contributed by atoms with Crippen molar-refractivity contribution in [2.24, 2.45) is 0 Å². The Morgan fingerprint density at radius 1 is 1.19 bits per heavy atom. The van der Waals surface area contributed by atoms with Gasteiger partial charge in [-0.05, 0) is 30.3 Å². The van der Waals surface area contributed by atoms with Crippen LogP contribution < -0.4 is 0 Å². The smallest absolute Gasteiger partial charge is 0.253 e. The molecule has 0 N–H and O–H groups in total. The molecule has 9 heteroatoms. The molecule has 5 nitrogen and oxygen atoms in total. The number of hydrogen-bond donors (Lipinski definition) is 0. The Morgan fingerprint density at radius 2 is 1.85 bits per heavy atom. The van der Waals surface area contributed by atoms with Gasteiger partial charge >= 0.3 is 0 Å². The lowest BCUT2D eigenvalue weighted by molar-refractivity contribution is 0.0786. The number of carbonyl (C=O) groups excluding carboxylic acids is 1. The van der Waals surface area contributed by atoms with Gasteiger partial charge in [-0.3, -0.25) is 4.79 Å². The van der Waals surface area contributed by atoms with Crippen molar-refractivity contribution >= 4 is 38.9 Å². The Hall–Kier alpha value is -1.48. The molecule has 1 heterocycles. The van der Waals surface area contributed by atoms with E-state index >= 15 is 0 Å². The van der Waals surface area contributed by atoms with E-state index in [9.17, 15) is 17.6 Å². The van der Waals surface area contributed by atoms with Gasteiger partial charge in [-0.15, -0.1) is 11.3 Å². The highest BCUT2D eigenvalue weighted by atomic mass is 35.5. The molecule has 0 saturated heterocycles. The number of hydrogen-bond acceptors (Lipinski definition) is 4. The summed E-state index contributed by atoms with van der Waals surface area (Å²) in [5, 5.41) is 0. The van der Waals surface area contributed by atoms with Gasteiger partial charge in [0.25, 0.3) is 5.91 Å². The first-order valence-electron chi connectivity index (χ1n) is 8.00. The number of rotatable bonds is 7. The molecule has 2 rings (SSSR count). The number of amides is 1. The zero-order valence-corrected chi connectivity index (χ0v) is 17.1. The van der Waals surface area contributed by atoms with Gasteiger partial charge in [0.15, 0.2) is 0 Å². The fourth-order valence-corrected chi connectivity index (χ4v) is 5.19. The second-order valence-corrected chi connectivity index (χ2v) is 9.31. The number of sulfonamides is 1. The van der Waals surface area contributed by atoms with Crippen LogP contribution >= 0.6 is 22.9 Å². The Balaban J connectivity index is 2.32. The van der Waals surface area contributed by atoms with Crippen LogP contribution in [0.1, 0.15) is 29.1 Å². The number of halogens is 2. The summed E-state index contributed by atoms with van der Waals surface area (Å²) in [4.78, 5) is 14.5. The first-order chi connectivity index (χ1) is 12.2. The first-order valence-corrected chi connectivity index (χ1v) is 10.6. The molecular weight excluding hydrogens is 399 g/mol. The Morgan fingerprint density at radius 3 is 2.38 bits per heavy atom.